The fraction of sp³-hybridized carbons (Fsp3) is 0.409. The van der Waals surface area contributed by atoms with E-state index in [-0.39, 0.29) is 5.91 Å². The molecule has 1 heterocycles. The van der Waals surface area contributed by atoms with E-state index in [2.05, 4.69) is 57.6 Å². The van der Waals surface area contributed by atoms with E-state index in [0.29, 0.717) is 13.0 Å². The Morgan fingerprint density at radius 1 is 0.808 bits per heavy atom. The average molecular weight is 351 g/mol. The second-order valence-corrected chi connectivity index (χ2v) is 6.94. The summed E-state index contributed by atoms with van der Waals surface area (Å²) in [4.78, 5) is 16.9. The van der Waals surface area contributed by atoms with Crippen LogP contribution in [0.4, 0.5) is 0 Å². The first-order chi connectivity index (χ1) is 12.8. The molecule has 3 rings (SSSR count). The van der Waals surface area contributed by atoms with Gasteiger partial charge < -0.3 is 10.2 Å². The molecular weight excluding hydrogens is 322 g/mol. The van der Waals surface area contributed by atoms with E-state index in [1.165, 1.54) is 11.1 Å². The third-order valence-corrected chi connectivity index (χ3v) is 4.95. The number of amides is 1. The fourth-order valence-electron chi connectivity index (χ4n) is 3.35. The molecule has 2 aromatic rings. The quantitative estimate of drug-likeness (QED) is 0.794. The lowest BCUT2D eigenvalue weighted by Gasteiger charge is -2.34. The number of carbonyl (C=O) groups is 1. The van der Waals surface area contributed by atoms with Gasteiger partial charge in [-0.05, 0) is 17.5 Å². The minimum atomic E-state index is 0.160. The van der Waals surface area contributed by atoms with Gasteiger partial charge in [-0.3, -0.25) is 9.69 Å². The lowest BCUT2D eigenvalue weighted by Crippen LogP contribution is -2.46. The average Bonchev–Trinajstić information content (AvgIpc) is 2.69. The van der Waals surface area contributed by atoms with E-state index in [0.717, 1.165) is 45.7 Å². The number of hydrogen-bond donors (Lipinski definition) is 1. The molecule has 1 N–H and O–H groups in total. The van der Waals surface area contributed by atoms with Gasteiger partial charge in [0.1, 0.15) is 0 Å². The summed E-state index contributed by atoms with van der Waals surface area (Å²) in [5.41, 5.74) is 2.64. The Hall–Kier alpha value is -2.17. The van der Waals surface area contributed by atoms with Crippen molar-refractivity contribution in [3.63, 3.8) is 0 Å². The molecular formula is C22H29N3O. The van der Waals surface area contributed by atoms with Crippen LogP contribution >= 0.6 is 0 Å². The summed E-state index contributed by atoms with van der Waals surface area (Å²) in [6, 6.07) is 20.9. The summed E-state index contributed by atoms with van der Waals surface area (Å²) in [7, 11) is 0. The Morgan fingerprint density at radius 2 is 1.38 bits per heavy atom. The Bertz CT molecular complexity index is 652. The van der Waals surface area contributed by atoms with Gasteiger partial charge in [0, 0.05) is 52.2 Å². The number of nitrogens with one attached hydrogen (secondary N) is 1. The minimum absolute atomic E-state index is 0.160. The van der Waals surface area contributed by atoms with E-state index < -0.39 is 0 Å². The molecule has 1 aliphatic rings. The smallest absolute Gasteiger partial charge is 0.221 e. The van der Waals surface area contributed by atoms with E-state index >= 15 is 0 Å². The van der Waals surface area contributed by atoms with Crippen LogP contribution in [0.3, 0.4) is 0 Å². The molecule has 0 saturated carbocycles. The molecule has 1 fully saturated rings. The van der Waals surface area contributed by atoms with Gasteiger partial charge >= 0.3 is 0 Å². The molecule has 0 atom stereocenters. The predicted octanol–water partition coefficient (Wildman–Crippen LogP) is 2.55. The van der Waals surface area contributed by atoms with Gasteiger partial charge in [-0.15, -0.1) is 0 Å². The van der Waals surface area contributed by atoms with Crippen LogP contribution in [0.25, 0.3) is 0 Å². The molecule has 0 spiro atoms. The van der Waals surface area contributed by atoms with Crippen molar-refractivity contribution in [2.75, 3.05) is 39.3 Å². The fourth-order valence-corrected chi connectivity index (χ4v) is 3.35. The highest BCUT2D eigenvalue weighted by Crippen LogP contribution is 2.08. The first-order valence-electron chi connectivity index (χ1n) is 9.59. The highest BCUT2D eigenvalue weighted by Gasteiger charge is 2.17. The molecule has 2 aromatic carbocycles. The molecule has 0 unspecified atom stereocenters. The summed E-state index contributed by atoms with van der Waals surface area (Å²) >= 11 is 0. The Balaban J connectivity index is 1.28. The lowest BCUT2D eigenvalue weighted by atomic mass is 10.1. The number of carbonyl (C=O) groups excluding carboxylic acids is 1. The molecule has 4 heteroatoms. The van der Waals surface area contributed by atoms with E-state index in [9.17, 15) is 4.79 Å². The standard InChI is InChI=1S/C22H29N3O/c26-22(23-13-11-20-7-3-1-4-8-20)12-14-24-15-17-25(18-16-24)19-21-9-5-2-6-10-21/h1-10H,11-19H2,(H,23,26). The molecule has 1 saturated heterocycles. The van der Waals surface area contributed by atoms with Crippen molar-refractivity contribution in [3.8, 4) is 0 Å². The van der Waals surface area contributed by atoms with Crippen LogP contribution in [0.2, 0.25) is 0 Å². The maximum absolute atomic E-state index is 12.0. The van der Waals surface area contributed by atoms with Crippen molar-refractivity contribution in [3.05, 3.63) is 71.8 Å². The zero-order chi connectivity index (χ0) is 18.0. The SMILES string of the molecule is O=C(CCN1CCN(Cc2ccccc2)CC1)NCCc1ccccc1. The number of benzene rings is 2. The van der Waals surface area contributed by atoms with E-state index in [4.69, 9.17) is 0 Å². The molecule has 26 heavy (non-hydrogen) atoms. The van der Waals surface area contributed by atoms with Gasteiger partial charge in [-0.1, -0.05) is 60.7 Å². The maximum Gasteiger partial charge on any atom is 0.221 e. The van der Waals surface area contributed by atoms with Gasteiger partial charge in [0.05, 0.1) is 0 Å². The third kappa shape index (κ3) is 6.28. The molecule has 0 aromatic heterocycles. The maximum atomic E-state index is 12.0. The molecule has 0 radical (unpaired) electrons. The largest absolute Gasteiger partial charge is 0.356 e. The number of rotatable bonds is 8. The minimum Gasteiger partial charge on any atom is -0.356 e. The first kappa shape index (κ1) is 18.6. The monoisotopic (exact) mass is 351 g/mol. The van der Waals surface area contributed by atoms with Crippen molar-refractivity contribution in [1.82, 2.24) is 15.1 Å². The lowest BCUT2D eigenvalue weighted by molar-refractivity contribution is -0.121. The van der Waals surface area contributed by atoms with Crippen LogP contribution in [0.5, 0.6) is 0 Å². The summed E-state index contributed by atoms with van der Waals surface area (Å²) in [5.74, 6) is 0.160. The van der Waals surface area contributed by atoms with Crippen LogP contribution in [0, 0.1) is 0 Å². The van der Waals surface area contributed by atoms with E-state index in [1.54, 1.807) is 0 Å². The molecule has 138 valence electrons. The second-order valence-electron chi connectivity index (χ2n) is 6.94. The van der Waals surface area contributed by atoms with Gasteiger partial charge in [0.2, 0.25) is 5.91 Å². The normalized spacial score (nSPS) is 15.7. The number of piperazine rings is 1. The second kappa shape index (κ2) is 10.1. The zero-order valence-corrected chi connectivity index (χ0v) is 15.4. The van der Waals surface area contributed by atoms with Crippen molar-refractivity contribution < 1.29 is 4.79 Å². The summed E-state index contributed by atoms with van der Waals surface area (Å²) in [6.07, 6.45) is 1.48. The molecule has 4 nitrogen and oxygen atoms in total. The van der Waals surface area contributed by atoms with Gasteiger partial charge in [0.15, 0.2) is 0 Å². The first-order valence-corrected chi connectivity index (χ1v) is 9.59. The summed E-state index contributed by atoms with van der Waals surface area (Å²) < 4.78 is 0. The Kier molecular flexibility index (Phi) is 7.23. The summed E-state index contributed by atoms with van der Waals surface area (Å²) in [6.45, 7) is 6.84. The molecule has 0 aliphatic carbocycles. The van der Waals surface area contributed by atoms with Crippen molar-refractivity contribution in [1.29, 1.82) is 0 Å². The number of nitrogens with zero attached hydrogens (tertiary/aromatic N) is 2. The Morgan fingerprint density at radius 3 is 2.04 bits per heavy atom. The van der Waals surface area contributed by atoms with Gasteiger partial charge in [0.25, 0.3) is 0 Å². The Labute approximate surface area is 156 Å². The molecule has 0 bridgehead atoms. The molecule has 1 amide bonds. The predicted molar refractivity (Wildman–Crippen MR) is 106 cm³/mol. The van der Waals surface area contributed by atoms with Crippen molar-refractivity contribution in [2.45, 2.75) is 19.4 Å². The van der Waals surface area contributed by atoms with Crippen molar-refractivity contribution in [2.24, 2.45) is 0 Å². The van der Waals surface area contributed by atoms with Crippen molar-refractivity contribution >= 4 is 5.91 Å². The summed E-state index contributed by atoms with van der Waals surface area (Å²) in [5, 5.41) is 3.04. The zero-order valence-electron chi connectivity index (χ0n) is 15.4. The highest BCUT2D eigenvalue weighted by molar-refractivity contribution is 5.76. The van der Waals surface area contributed by atoms with Gasteiger partial charge in [-0.25, -0.2) is 0 Å². The number of hydrogen-bond acceptors (Lipinski definition) is 3. The van der Waals surface area contributed by atoms with Crippen LogP contribution in [0.15, 0.2) is 60.7 Å². The third-order valence-electron chi connectivity index (χ3n) is 4.95. The van der Waals surface area contributed by atoms with E-state index in [1.807, 2.05) is 18.2 Å². The van der Waals surface area contributed by atoms with Gasteiger partial charge in [-0.2, -0.15) is 0 Å². The highest BCUT2D eigenvalue weighted by atomic mass is 16.1. The van der Waals surface area contributed by atoms with Crippen LogP contribution in [0.1, 0.15) is 17.5 Å². The van der Waals surface area contributed by atoms with Crippen LogP contribution in [-0.2, 0) is 17.8 Å². The van der Waals surface area contributed by atoms with Crippen LogP contribution < -0.4 is 5.32 Å². The topological polar surface area (TPSA) is 35.6 Å². The van der Waals surface area contributed by atoms with Crippen LogP contribution in [-0.4, -0.2) is 55.0 Å². The molecule has 1 aliphatic heterocycles.